The number of nitrogens with zero attached hydrogens (tertiary/aromatic N) is 1. The zero-order valence-electron chi connectivity index (χ0n) is 11.3. The third-order valence-corrected chi connectivity index (χ3v) is 4.25. The molecule has 0 amide bonds. The molecule has 0 saturated heterocycles. The Bertz CT molecular complexity index is 696. The van der Waals surface area contributed by atoms with E-state index in [9.17, 15) is 4.79 Å². The van der Waals surface area contributed by atoms with Crippen LogP contribution in [0.5, 0.6) is 0 Å². The van der Waals surface area contributed by atoms with Crippen LogP contribution in [0.25, 0.3) is 15.7 Å². The average Bonchev–Trinajstić information content (AvgIpc) is 3.11. The SMILES string of the molecule is [C-]#[N+]c1ccc2[nH]cc([C@H]3CCC[C@H]3C(=O)OC)c2c1. The highest BCUT2D eigenvalue weighted by Crippen LogP contribution is 2.43. The number of carbonyl (C=O) groups is 1. The summed E-state index contributed by atoms with van der Waals surface area (Å²) in [6.07, 6.45) is 4.89. The van der Waals surface area contributed by atoms with Gasteiger partial charge in [0, 0.05) is 11.7 Å². The van der Waals surface area contributed by atoms with Gasteiger partial charge in [-0.1, -0.05) is 12.5 Å². The van der Waals surface area contributed by atoms with Gasteiger partial charge < -0.3 is 9.72 Å². The van der Waals surface area contributed by atoms with Crippen molar-refractivity contribution in [2.45, 2.75) is 25.2 Å². The molecular weight excluding hydrogens is 252 g/mol. The second kappa shape index (κ2) is 5.01. The molecule has 0 radical (unpaired) electrons. The van der Waals surface area contributed by atoms with Crippen LogP contribution >= 0.6 is 0 Å². The maximum absolute atomic E-state index is 11.9. The Morgan fingerprint density at radius 1 is 1.45 bits per heavy atom. The molecule has 4 heteroatoms. The lowest BCUT2D eigenvalue weighted by Gasteiger charge is -2.17. The summed E-state index contributed by atoms with van der Waals surface area (Å²) >= 11 is 0. The Morgan fingerprint density at radius 2 is 2.30 bits per heavy atom. The molecule has 2 atom stereocenters. The number of ether oxygens (including phenoxy) is 1. The predicted molar refractivity (Wildman–Crippen MR) is 76.7 cm³/mol. The minimum atomic E-state index is -0.122. The van der Waals surface area contributed by atoms with E-state index >= 15 is 0 Å². The van der Waals surface area contributed by atoms with Gasteiger partial charge in [0.2, 0.25) is 0 Å². The first-order valence-corrected chi connectivity index (χ1v) is 6.81. The topological polar surface area (TPSA) is 46.5 Å². The van der Waals surface area contributed by atoms with Crippen LogP contribution in [0, 0.1) is 12.5 Å². The van der Waals surface area contributed by atoms with Crippen LogP contribution in [0.4, 0.5) is 5.69 Å². The highest BCUT2D eigenvalue weighted by atomic mass is 16.5. The summed E-state index contributed by atoms with van der Waals surface area (Å²) in [5.41, 5.74) is 2.78. The molecule has 20 heavy (non-hydrogen) atoms. The maximum Gasteiger partial charge on any atom is 0.309 e. The lowest BCUT2D eigenvalue weighted by atomic mass is 9.88. The van der Waals surface area contributed by atoms with Crippen molar-refractivity contribution < 1.29 is 9.53 Å². The van der Waals surface area contributed by atoms with Crippen molar-refractivity contribution in [3.63, 3.8) is 0 Å². The van der Waals surface area contributed by atoms with Crippen molar-refractivity contribution in [1.82, 2.24) is 4.98 Å². The fourth-order valence-electron chi connectivity index (χ4n) is 3.27. The second-order valence-corrected chi connectivity index (χ2v) is 5.25. The van der Waals surface area contributed by atoms with Crippen molar-refractivity contribution >= 4 is 22.6 Å². The Kier molecular flexibility index (Phi) is 3.19. The molecular formula is C16H16N2O2. The summed E-state index contributed by atoms with van der Waals surface area (Å²) in [6, 6.07) is 5.64. The zero-order chi connectivity index (χ0) is 14.1. The fraction of sp³-hybridized carbons (Fsp3) is 0.375. The molecule has 4 nitrogen and oxygen atoms in total. The van der Waals surface area contributed by atoms with Gasteiger partial charge >= 0.3 is 5.97 Å². The van der Waals surface area contributed by atoms with E-state index in [-0.39, 0.29) is 17.8 Å². The largest absolute Gasteiger partial charge is 0.469 e. The number of carbonyl (C=O) groups excluding carboxylic acids is 1. The van der Waals surface area contributed by atoms with Gasteiger partial charge in [0.1, 0.15) is 0 Å². The number of H-pyrrole nitrogens is 1. The van der Waals surface area contributed by atoms with Gasteiger partial charge in [0.25, 0.3) is 0 Å². The first kappa shape index (κ1) is 12.7. The van der Waals surface area contributed by atoms with E-state index in [4.69, 9.17) is 11.3 Å². The smallest absolute Gasteiger partial charge is 0.309 e. The van der Waals surface area contributed by atoms with E-state index in [1.165, 1.54) is 7.11 Å². The van der Waals surface area contributed by atoms with Gasteiger partial charge in [-0.2, -0.15) is 0 Å². The minimum Gasteiger partial charge on any atom is -0.469 e. The molecule has 0 aliphatic heterocycles. The van der Waals surface area contributed by atoms with E-state index in [0.29, 0.717) is 5.69 Å². The van der Waals surface area contributed by atoms with Crippen molar-refractivity contribution in [2.24, 2.45) is 5.92 Å². The van der Waals surface area contributed by atoms with Gasteiger partial charge in [0.15, 0.2) is 5.69 Å². The normalized spacial score (nSPS) is 21.8. The second-order valence-electron chi connectivity index (χ2n) is 5.25. The van der Waals surface area contributed by atoms with Crippen molar-refractivity contribution in [3.05, 3.63) is 41.4 Å². The average molecular weight is 268 g/mol. The minimum absolute atomic E-state index is 0.0596. The highest BCUT2D eigenvalue weighted by Gasteiger charge is 2.35. The third-order valence-electron chi connectivity index (χ3n) is 4.25. The predicted octanol–water partition coefficient (Wildman–Crippen LogP) is 3.78. The zero-order valence-corrected chi connectivity index (χ0v) is 11.3. The number of hydrogen-bond acceptors (Lipinski definition) is 2. The highest BCUT2D eigenvalue weighted by molar-refractivity contribution is 5.88. The van der Waals surface area contributed by atoms with Crippen molar-refractivity contribution in [2.75, 3.05) is 7.11 Å². The van der Waals surface area contributed by atoms with E-state index in [2.05, 4.69) is 9.83 Å². The van der Waals surface area contributed by atoms with Crippen LogP contribution in [-0.4, -0.2) is 18.1 Å². The Hall–Kier alpha value is -2.28. The van der Waals surface area contributed by atoms with Gasteiger partial charge in [-0.3, -0.25) is 4.79 Å². The molecule has 0 unspecified atom stereocenters. The lowest BCUT2D eigenvalue weighted by molar-refractivity contribution is -0.145. The Labute approximate surface area is 117 Å². The van der Waals surface area contributed by atoms with Crippen LogP contribution in [-0.2, 0) is 9.53 Å². The maximum atomic E-state index is 11.9. The number of nitrogens with one attached hydrogen (secondary N) is 1. The molecule has 3 rings (SSSR count). The Balaban J connectivity index is 2.05. The number of aromatic nitrogens is 1. The van der Waals surface area contributed by atoms with Crippen molar-refractivity contribution in [3.8, 4) is 0 Å². The molecule has 1 saturated carbocycles. The number of methoxy groups -OCH3 is 1. The van der Waals surface area contributed by atoms with Crippen molar-refractivity contribution in [1.29, 1.82) is 0 Å². The van der Waals surface area contributed by atoms with Crippen LogP contribution in [0.15, 0.2) is 24.4 Å². The van der Waals surface area contributed by atoms with E-state index < -0.39 is 0 Å². The first-order chi connectivity index (χ1) is 9.74. The van der Waals surface area contributed by atoms with E-state index in [1.807, 2.05) is 24.4 Å². The third kappa shape index (κ3) is 1.96. The van der Waals surface area contributed by atoms with Crippen LogP contribution in [0.3, 0.4) is 0 Å². The summed E-state index contributed by atoms with van der Waals surface area (Å²) in [4.78, 5) is 18.6. The molecule has 1 N–H and O–H groups in total. The number of benzene rings is 1. The summed E-state index contributed by atoms with van der Waals surface area (Å²) < 4.78 is 4.92. The number of fused-ring (bicyclic) bond motifs is 1. The number of hydrogen-bond donors (Lipinski definition) is 1. The molecule has 1 aliphatic rings. The monoisotopic (exact) mass is 268 g/mol. The molecule has 0 bridgehead atoms. The molecule has 1 heterocycles. The standard InChI is InChI=1S/C16H16N2O2/c1-17-10-6-7-15-13(8-10)14(9-18-15)11-4-3-5-12(11)16(19)20-2/h6-9,11-12,18H,3-5H2,2H3/t11-,12+/m0/s1. The van der Waals surface area contributed by atoms with E-state index in [1.54, 1.807) is 0 Å². The summed E-state index contributed by atoms with van der Waals surface area (Å²) in [7, 11) is 1.45. The molecule has 102 valence electrons. The number of esters is 1. The summed E-state index contributed by atoms with van der Waals surface area (Å²) in [5, 5.41) is 1.05. The first-order valence-electron chi connectivity index (χ1n) is 6.81. The molecule has 1 aromatic carbocycles. The molecule has 1 aliphatic carbocycles. The molecule has 1 aromatic heterocycles. The lowest BCUT2D eigenvalue weighted by Crippen LogP contribution is -2.18. The van der Waals surface area contributed by atoms with Gasteiger partial charge in [0.05, 0.1) is 19.6 Å². The molecule has 1 fully saturated rings. The summed E-state index contributed by atoms with van der Waals surface area (Å²) in [6.45, 7) is 7.13. The number of aromatic amines is 1. The molecule has 0 spiro atoms. The van der Waals surface area contributed by atoms with Crippen LogP contribution in [0.1, 0.15) is 30.7 Å². The fourth-order valence-corrected chi connectivity index (χ4v) is 3.27. The van der Waals surface area contributed by atoms with Gasteiger partial charge in [-0.05, 0) is 41.8 Å². The van der Waals surface area contributed by atoms with Crippen LogP contribution < -0.4 is 0 Å². The number of rotatable bonds is 2. The van der Waals surface area contributed by atoms with Gasteiger partial charge in [-0.15, -0.1) is 0 Å². The Morgan fingerprint density at radius 3 is 3.05 bits per heavy atom. The van der Waals surface area contributed by atoms with Crippen LogP contribution in [0.2, 0.25) is 0 Å². The molecule has 2 aromatic rings. The van der Waals surface area contributed by atoms with E-state index in [0.717, 1.165) is 35.7 Å². The summed E-state index contributed by atoms with van der Waals surface area (Å²) in [5.74, 6) is 0.0102. The van der Waals surface area contributed by atoms with Gasteiger partial charge in [-0.25, -0.2) is 4.85 Å². The quantitative estimate of drug-likeness (QED) is 0.665.